The third-order valence-corrected chi connectivity index (χ3v) is 2.21. The minimum Gasteiger partial charge on any atom is -0.465 e. The molecular weight excluding hydrogens is 186 g/mol. The predicted octanol–water partition coefficient (Wildman–Crippen LogP) is 1.46. The van der Waals surface area contributed by atoms with Crippen molar-refractivity contribution in [3.63, 3.8) is 0 Å². The summed E-state index contributed by atoms with van der Waals surface area (Å²) in [4.78, 5) is 4.01. The van der Waals surface area contributed by atoms with Crippen LogP contribution in [0.1, 0.15) is 5.56 Å². The van der Waals surface area contributed by atoms with E-state index in [9.17, 15) is 0 Å². The number of aryl methyl sites for hydroxylation is 1. The van der Waals surface area contributed by atoms with Gasteiger partial charge in [0.25, 0.3) is 5.19 Å². The summed E-state index contributed by atoms with van der Waals surface area (Å²) in [5.74, 6) is 0. The lowest BCUT2D eigenvalue weighted by Gasteiger charge is -1.97. The molecule has 0 spiro atoms. The maximum Gasteiger partial charge on any atom is 0.273 e. The molecule has 13 heavy (non-hydrogen) atoms. The van der Waals surface area contributed by atoms with E-state index < -0.39 is 0 Å². The molecule has 0 aliphatic carbocycles. The van der Waals surface area contributed by atoms with Crippen molar-refractivity contribution in [2.24, 2.45) is 7.05 Å². The molecule has 0 aromatic carbocycles. The molecule has 2 rings (SSSR count). The zero-order valence-electron chi connectivity index (χ0n) is 7.17. The van der Waals surface area contributed by atoms with Crippen LogP contribution in [-0.2, 0) is 13.7 Å². The van der Waals surface area contributed by atoms with Crippen molar-refractivity contribution in [1.82, 2.24) is 14.8 Å². The van der Waals surface area contributed by atoms with E-state index in [0.29, 0.717) is 11.8 Å². The average Bonchev–Trinajstić information content (AvgIpc) is 2.71. The van der Waals surface area contributed by atoms with Gasteiger partial charge >= 0.3 is 0 Å². The number of hydrogen-bond acceptors (Lipinski definition) is 4. The molecule has 0 radical (unpaired) electrons. The van der Waals surface area contributed by atoms with Gasteiger partial charge in [0.2, 0.25) is 0 Å². The Bertz CT molecular complexity index is 368. The van der Waals surface area contributed by atoms with Gasteiger partial charge in [-0.05, 0) is 0 Å². The molecule has 4 nitrogen and oxygen atoms in total. The topological polar surface area (TPSA) is 39.9 Å². The highest BCUT2D eigenvalue weighted by molar-refractivity contribution is 7.11. The summed E-state index contributed by atoms with van der Waals surface area (Å²) in [5, 5.41) is 6.62. The Kier molecular flexibility index (Phi) is 2.27. The largest absolute Gasteiger partial charge is 0.465 e. The highest BCUT2D eigenvalue weighted by Crippen LogP contribution is 2.14. The van der Waals surface area contributed by atoms with Crippen LogP contribution in [0.15, 0.2) is 24.0 Å². The minimum atomic E-state index is 0.529. The molecule has 0 bridgehead atoms. The number of hydrogen-bond donors (Lipinski definition) is 0. The van der Waals surface area contributed by atoms with E-state index in [0.717, 1.165) is 5.56 Å². The van der Waals surface area contributed by atoms with Gasteiger partial charge in [-0.1, -0.05) is 11.3 Å². The van der Waals surface area contributed by atoms with E-state index in [-0.39, 0.29) is 0 Å². The fourth-order valence-corrected chi connectivity index (χ4v) is 1.46. The first kappa shape index (κ1) is 8.25. The van der Waals surface area contributed by atoms with Crippen LogP contribution >= 0.6 is 11.3 Å². The van der Waals surface area contributed by atoms with E-state index >= 15 is 0 Å². The molecule has 68 valence electrons. The number of aromatic nitrogens is 3. The van der Waals surface area contributed by atoms with Crippen LogP contribution in [0.3, 0.4) is 0 Å². The van der Waals surface area contributed by atoms with E-state index in [4.69, 9.17) is 4.74 Å². The number of thiazole rings is 1. The Hall–Kier alpha value is -1.36. The maximum absolute atomic E-state index is 5.40. The van der Waals surface area contributed by atoms with Gasteiger partial charge in [0, 0.05) is 30.4 Å². The van der Waals surface area contributed by atoms with Gasteiger partial charge < -0.3 is 4.74 Å². The van der Waals surface area contributed by atoms with Crippen LogP contribution in [0.4, 0.5) is 0 Å². The molecule has 0 amide bonds. The van der Waals surface area contributed by atoms with Gasteiger partial charge in [0.15, 0.2) is 0 Å². The van der Waals surface area contributed by atoms with Gasteiger partial charge in [-0.3, -0.25) is 4.68 Å². The third-order valence-electron chi connectivity index (χ3n) is 1.53. The number of nitrogens with zero attached hydrogens (tertiary/aromatic N) is 3. The first-order valence-corrected chi connectivity index (χ1v) is 4.72. The monoisotopic (exact) mass is 195 g/mol. The first-order chi connectivity index (χ1) is 6.34. The van der Waals surface area contributed by atoms with Gasteiger partial charge in [-0.15, -0.1) is 0 Å². The highest BCUT2D eigenvalue weighted by Gasteiger charge is 1.98. The van der Waals surface area contributed by atoms with Crippen molar-refractivity contribution in [2.75, 3.05) is 0 Å². The van der Waals surface area contributed by atoms with Gasteiger partial charge in [0.05, 0.1) is 6.20 Å². The molecule has 0 fully saturated rings. The quantitative estimate of drug-likeness (QED) is 0.744. The standard InChI is InChI=1S/C8H9N3OS/c1-11-5-7(4-10-11)6-12-8-9-2-3-13-8/h2-5H,6H2,1H3. The van der Waals surface area contributed by atoms with E-state index in [1.807, 2.05) is 18.6 Å². The first-order valence-electron chi connectivity index (χ1n) is 3.84. The van der Waals surface area contributed by atoms with Crippen LogP contribution in [0.25, 0.3) is 0 Å². The lowest BCUT2D eigenvalue weighted by molar-refractivity contribution is 0.304. The fraction of sp³-hybridized carbons (Fsp3) is 0.250. The molecule has 0 aliphatic heterocycles. The van der Waals surface area contributed by atoms with Crippen LogP contribution in [0, 0.1) is 0 Å². The SMILES string of the molecule is Cn1cc(COc2nccs2)cn1. The summed E-state index contributed by atoms with van der Waals surface area (Å²) in [6, 6.07) is 0. The van der Waals surface area contributed by atoms with Crippen molar-refractivity contribution in [1.29, 1.82) is 0 Å². The summed E-state index contributed by atoms with van der Waals surface area (Å²) in [7, 11) is 1.88. The highest BCUT2D eigenvalue weighted by atomic mass is 32.1. The van der Waals surface area contributed by atoms with Gasteiger partial charge in [-0.25, -0.2) is 4.98 Å². The van der Waals surface area contributed by atoms with Crippen molar-refractivity contribution in [3.8, 4) is 5.19 Å². The Morgan fingerprint density at radius 2 is 2.54 bits per heavy atom. The Morgan fingerprint density at radius 3 is 3.15 bits per heavy atom. The summed E-state index contributed by atoms with van der Waals surface area (Å²) in [5.41, 5.74) is 1.05. The van der Waals surface area contributed by atoms with Crippen LogP contribution in [0.2, 0.25) is 0 Å². The lowest BCUT2D eigenvalue weighted by atomic mass is 10.4. The Morgan fingerprint density at radius 1 is 1.62 bits per heavy atom. The predicted molar refractivity (Wildman–Crippen MR) is 49.7 cm³/mol. The molecule has 0 atom stereocenters. The normalized spacial score (nSPS) is 10.2. The zero-order valence-corrected chi connectivity index (χ0v) is 7.99. The molecule has 0 aliphatic rings. The minimum absolute atomic E-state index is 0.529. The third kappa shape index (κ3) is 2.06. The molecule has 0 unspecified atom stereocenters. The van der Waals surface area contributed by atoms with Gasteiger partial charge in [-0.2, -0.15) is 5.10 Å². The van der Waals surface area contributed by atoms with Crippen molar-refractivity contribution >= 4 is 11.3 Å². The second-order valence-corrected chi connectivity index (χ2v) is 3.47. The summed E-state index contributed by atoms with van der Waals surface area (Å²) in [6.45, 7) is 0.529. The smallest absolute Gasteiger partial charge is 0.273 e. The Labute approximate surface area is 79.8 Å². The molecule has 0 N–H and O–H groups in total. The van der Waals surface area contributed by atoms with Crippen molar-refractivity contribution in [2.45, 2.75) is 6.61 Å². The van der Waals surface area contributed by atoms with Crippen LogP contribution in [0.5, 0.6) is 5.19 Å². The van der Waals surface area contributed by atoms with Crippen molar-refractivity contribution < 1.29 is 4.74 Å². The van der Waals surface area contributed by atoms with Gasteiger partial charge in [0.1, 0.15) is 6.61 Å². The van der Waals surface area contributed by atoms with Crippen LogP contribution < -0.4 is 4.74 Å². The zero-order chi connectivity index (χ0) is 9.10. The second kappa shape index (κ2) is 3.57. The molecule has 5 heteroatoms. The molecule has 0 saturated carbocycles. The summed E-state index contributed by atoms with van der Waals surface area (Å²) in [6.07, 6.45) is 5.43. The lowest BCUT2D eigenvalue weighted by Crippen LogP contribution is -1.93. The summed E-state index contributed by atoms with van der Waals surface area (Å²) >= 11 is 1.49. The molecule has 2 aromatic rings. The molecule has 2 aromatic heterocycles. The van der Waals surface area contributed by atoms with E-state index in [1.54, 1.807) is 17.1 Å². The molecule has 2 heterocycles. The summed E-state index contributed by atoms with van der Waals surface area (Å²) < 4.78 is 7.15. The molecular formula is C8H9N3OS. The van der Waals surface area contributed by atoms with E-state index in [1.165, 1.54) is 11.3 Å². The van der Waals surface area contributed by atoms with Crippen molar-refractivity contribution in [3.05, 3.63) is 29.5 Å². The average molecular weight is 195 g/mol. The van der Waals surface area contributed by atoms with E-state index in [2.05, 4.69) is 10.1 Å². The number of ether oxygens (including phenoxy) is 1. The van der Waals surface area contributed by atoms with Crippen LogP contribution in [-0.4, -0.2) is 14.8 Å². The Balaban J connectivity index is 1.93. The number of rotatable bonds is 3. The fourth-order valence-electron chi connectivity index (χ4n) is 0.973. The maximum atomic E-state index is 5.40. The second-order valence-electron chi connectivity index (χ2n) is 2.61. The molecule has 0 saturated heterocycles.